The fraction of sp³-hybridized carbons (Fsp3) is 0.364. The molecular formula is C11H15Cl3N2O2. The molecule has 0 spiro atoms. The van der Waals surface area contributed by atoms with Gasteiger partial charge < -0.3 is 15.8 Å². The number of ether oxygens (including phenoxy) is 1. The largest absolute Gasteiger partial charge is 0.481 e. The number of rotatable bonds is 5. The Kier molecular flexibility index (Phi) is 8.11. The monoisotopic (exact) mass is 312 g/mol. The zero-order valence-electron chi connectivity index (χ0n) is 9.78. The van der Waals surface area contributed by atoms with Gasteiger partial charge in [-0.25, -0.2) is 0 Å². The van der Waals surface area contributed by atoms with E-state index in [9.17, 15) is 4.79 Å². The molecule has 1 rings (SSSR count). The molecule has 1 aromatic carbocycles. The van der Waals surface area contributed by atoms with Gasteiger partial charge in [0.1, 0.15) is 5.75 Å². The van der Waals surface area contributed by atoms with Crippen LogP contribution in [0.25, 0.3) is 0 Å². The molecule has 1 unspecified atom stereocenters. The van der Waals surface area contributed by atoms with E-state index >= 15 is 0 Å². The quantitative estimate of drug-likeness (QED) is 0.876. The summed E-state index contributed by atoms with van der Waals surface area (Å²) >= 11 is 11.6. The van der Waals surface area contributed by atoms with Crippen LogP contribution in [0.2, 0.25) is 10.0 Å². The molecule has 102 valence electrons. The predicted octanol–water partition coefficient (Wildman–Crippen LogP) is 2.26. The second kappa shape index (κ2) is 8.43. The molecule has 4 nitrogen and oxygen atoms in total. The van der Waals surface area contributed by atoms with Crippen LogP contribution in [0.15, 0.2) is 18.2 Å². The highest BCUT2D eigenvalue weighted by Crippen LogP contribution is 2.24. The van der Waals surface area contributed by atoms with Crippen molar-refractivity contribution < 1.29 is 9.53 Å². The SMILES string of the molecule is CC(Oc1cc(Cl)cc(Cl)c1)C(=O)NCCN.Cl. The summed E-state index contributed by atoms with van der Waals surface area (Å²) in [5.74, 6) is 0.226. The number of halogens is 3. The predicted molar refractivity (Wildman–Crippen MR) is 75.9 cm³/mol. The van der Waals surface area contributed by atoms with Crippen molar-refractivity contribution in [2.24, 2.45) is 5.73 Å². The van der Waals surface area contributed by atoms with Crippen LogP contribution in [-0.2, 0) is 4.79 Å². The summed E-state index contributed by atoms with van der Waals surface area (Å²) in [7, 11) is 0. The first-order valence-electron chi connectivity index (χ1n) is 5.13. The van der Waals surface area contributed by atoms with Gasteiger partial charge in [0.2, 0.25) is 0 Å². The maximum absolute atomic E-state index is 11.5. The Morgan fingerprint density at radius 2 is 1.94 bits per heavy atom. The highest BCUT2D eigenvalue weighted by atomic mass is 35.5. The zero-order valence-corrected chi connectivity index (χ0v) is 12.1. The van der Waals surface area contributed by atoms with E-state index in [1.165, 1.54) is 0 Å². The molecule has 7 heteroatoms. The van der Waals surface area contributed by atoms with E-state index in [0.717, 1.165) is 0 Å². The molecule has 0 radical (unpaired) electrons. The molecule has 0 bridgehead atoms. The number of benzene rings is 1. The molecular weight excluding hydrogens is 298 g/mol. The first-order chi connectivity index (χ1) is 8.02. The van der Waals surface area contributed by atoms with Crippen LogP contribution in [0.5, 0.6) is 5.75 Å². The Morgan fingerprint density at radius 3 is 2.44 bits per heavy atom. The Balaban J connectivity index is 0.00000289. The fourth-order valence-electron chi connectivity index (χ4n) is 1.19. The highest BCUT2D eigenvalue weighted by molar-refractivity contribution is 6.34. The van der Waals surface area contributed by atoms with Crippen molar-refractivity contribution >= 4 is 41.5 Å². The summed E-state index contributed by atoms with van der Waals surface area (Å²) in [6, 6.07) is 4.79. The summed E-state index contributed by atoms with van der Waals surface area (Å²) in [6.45, 7) is 2.45. The van der Waals surface area contributed by atoms with Crippen LogP contribution in [0.1, 0.15) is 6.92 Å². The third-order valence-electron chi connectivity index (χ3n) is 1.96. The molecule has 0 saturated heterocycles. The molecule has 0 aliphatic rings. The summed E-state index contributed by atoms with van der Waals surface area (Å²) in [6.07, 6.45) is -0.629. The van der Waals surface area contributed by atoms with Crippen molar-refractivity contribution in [3.63, 3.8) is 0 Å². The second-order valence-corrected chi connectivity index (χ2v) is 4.32. The minimum Gasteiger partial charge on any atom is -0.481 e. The van der Waals surface area contributed by atoms with Crippen molar-refractivity contribution in [1.29, 1.82) is 0 Å². The van der Waals surface area contributed by atoms with Crippen molar-refractivity contribution in [3.05, 3.63) is 28.2 Å². The van der Waals surface area contributed by atoms with Gasteiger partial charge in [-0.15, -0.1) is 12.4 Å². The van der Waals surface area contributed by atoms with Gasteiger partial charge in [-0.3, -0.25) is 4.79 Å². The second-order valence-electron chi connectivity index (χ2n) is 3.44. The summed E-state index contributed by atoms with van der Waals surface area (Å²) < 4.78 is 5.41. The van der Waals surface area contributed by atoms with E-state index in [2.05, 4.69) is 5.32 Å². The van der Waals surface area contributed by atoms with Crippen LogP contribution in [0.3, 0.4) is 0 Å². The number of hydrogen-bond acceptors (Lipinski definition) is 3. The fourth-order valence-corrected chi connectivity index (χ4v) is 1.70. The van der Waals surface area contributed by atoms with Gasteiger partial charge in [0.05, 0.1) is 0 Å². The minimum absolute atomic E-state index is 0. The Bertz CT molecular complexity index is 382. The normalized spacial score (nSPS) is 11.3. The molecule has 0 fully saturated rings. The molecule has 0 aliphatic heterocycles. The molecule has 3 N–H and O–H groups in total. The number of hydrogen-bond donors (Lipinski definition) is 2. The number of nitrogens with one attached hydrogen (secondary N) is 1. The number of nitrogens with two attached hydrogens (primary N) is 1. The lowest BCUT2D eigenvalue weighted by Gasteiger charge is -2.14. The molecule has 1 atom stereocenters. The number of carbonyl (C=O) groups excluding carboxylic acids is 1. The van der Waals surface area contributed by atoms with Crippen LogP contribution in [-0.4, -0.2) is 25.1 Å². The topological polar surface area (TPSA) is 64.3 Å². The summed E-state index contributed by atoms with van der Waals surface area (Å²) in [5, 5.41) is 3.55. The zero-order chi connectivity index (χ0) is 12.8. The Hall–Kier alpha value is -0.680. The molecule has 0 aliphatic carbocycles. The van der Waals surface area contributed by atoms with E-state index in [-0.39, 0.29) is 18.3 Å². The highest BCUT2D eigenvalue weighted by Gasteiger charge is 2.14. The summed E-state index contributed by atoms with van der Waals surface area (Å²) in [4.78, 5) is 11.5. The van der Waals surface area contributed by atoms with Crippen LogP contribution < -0.4 is 15.8 Å². The molecule has 1 amide bonds. The van der Waals surface area contributed by atoms with Crippen LogP contribution in [0, 0.1) is 0 Å². The lowest BCUT2D eigenvalue weighted by atomic mass is 10.3. The molecule has 0 heterocycles. The first kappa shape index (κ1) is 17.3. The van der Waals surface area contributed by atoms with E-state index in [4.69, 9.17) is 33.7 Å². The number of amides is 1. The third kappa shape index (κ3) is 5.78. The van der Waals surface area contributed by atoms with Crippen LogP contribution in [0.4, 0.5) is 0 Å². The van der Waals surface area contributed by atoms with Crippen LogP contribution >= 0.6 is 35.6 Å². The van der Waals surface area contributed by atoms with Gasteiger partial charge in [-0.05, 0) is 25.1 Å². The molecule has 18 heavy (non-hydrogen) atoms. The van der Waals surface area contributed by atoms with Crippen molar-refractivity contribution in [1.82, 2.24) is 5.32 Å². The van der Waals surface area contributed by atoms with Gasteiger partial charge in [-0.1, -0.05) is 23.2 Å². The van der Waals surface area contributed by atoms with E-state index in [1.807, 2.05) is 0 Å². The average molecular weight is 314 g/mol. The third-order valence-corrected chi connectivity index (χ3v) is 2.40. The lowest BCUT2D eigenvalue weighted by molar-refractivity contribution is -0.127. The van der Waals surface area contributed by atoms with E-state index in [1.54, 1.807) is 25.1 Å². The average Bonchev–Trinajstić information content (AvgIpc) is 2.24. The van der Waals surface area contributed by atoms with Gasteiger partial charge in [0.15, 0.2) is 6.10 Å². The smallest absolute Gasteiger partial charge is 0.260 e. The van der Waals surface area contributed by atoms with Gasteiger partial charge in [0, 0.05) is 23.1 Å². The minimum atomic E-state index is -0.629. The Labute approximate surface area is 122 Å². The van der Waals surface area contributed by atoms with Gasteiger partial charge >= 0.3 is 0 Å². The Morgan fingerprint density at radius 1 is 1.39 bits per heavy atom. The maximum atomic E-state index is 11.5. The number of carbonyl (C=O) groups is 1. The maximum Gasteiger partial charge on any atom is 0.260 e. The van der Waals surface area contributed by atoms with Crippen molar-refractivity contribution in [2.45, 2.75) is 13.0 Å². The molecule has 0 saturated carbocycles. The molecule has 0 aromatic heterocycles. The van der Waals surface area contributed by atoms with Crippen molar-refractivity contribution in [3.8, 4) is 5.75 Å². The first-order valence-corrected chi connectivity index (χ1v) is 5.89. The van der Waals surface area contributed by atoms with E-state index in [0.29, 0.717) is 28.9 Å². The lowest BCUT2D eigenvalue weighted by Crippen LogP contribution is -2.38. The standard InChI is InChI=1S/C11H14Cl2N2O2.ClH/c1-7(11(16)15-3-2-14)17-10-5-8(12)4-9(13)6-10;/h4-7H,2-3,14H2,1H3,(H,15,16);1H. The van der Waals surface area contributed by atoms with Gasteiger partial charge in [-0.2, -0.15) is 0 Å². The molecule has 1 aromatic rings. The van der Waals surface area contributed by atoms with Gasteiger partial charge in [0.25, 0.3) is 5.91 Å². The van der Waals surface area contributed by atoms with Crippen molar-refractivity contribution in [2.75, 3.05) is 13.1 Å². The summed E-state index contributed by atoms with van der Waals surface area (Å²) in [5.41, 5.74) is 5.28. The van der Waals surface area contributed by atoms with E-state index < -0.39 is 6.10 Å².